The van der Waals surface area contributed by atoms with Gasteiger partial charge in [0.2, 0.25) is 5.91 Å². The number of guanidine groups is 1. The molecular formula is C19H29F2N5O. The van der Waals surface area contributed by atoms with E-state index in [1.807, 2.05) is 0 Å². The molecule has 27 heavy (non-hydrogen) atoms. The first-order valence-electron chi connectivity index (χ1n) is 9.17. The van der Waals surface area contributed by atoms with Gasteiger partial charge >= 0.3 is 0 Å². The second-order valence-corrected chi connectivity index (χ2v) is 7.17. The van der Waals surface area contributed by atoms with Crippen LogP contribution in [-0.2, 0) is 4.79 Å². The molecule has 0 bridgehead atoms. The van der Waals surface area contributed by atoms with Crippen LogP contribution in [0.2, 0.25) is 0 Å². The fourth-order valence-electron chi connectivity index (χ4n) is 3.60. The van der Waals surface area contributed by atoms with Crippen LogP contribution in [-0.4, -0.2) is 62.4 Å². The van der Waals surface area contributed by atoms with Crippen molar-refractivity contribution >= 4 is 11.9 Å². The molecule has 2 rings (SSSR count). The average molecular weight is 381 g/mol. The third kappa shape index (κ3) is 5.63. The number of piperidine rings is 1. The molecule has 0 spiro atoms. The highest BCUT2D eigenvalue weighted by atomic mass is 19.1. The molecule has 8 heteroatoms. The Kier molecular flexibility index (Phi) is 7.53. The average Bonchev–Trinajstić information content (AvgIpc) is 2.60. The molecule has 150 valence electrons. The molecule has 0 radical (unpaired) electrons. The number of carbonyl (C=O) groups is 1. The fourth-order valence-corrected chi connectivity index (χ4v) is 3.60. The molecule has 1 aromatic carbocycles. The van der Waals surface area contributed by atoms with Gasteiger partial charge in [-0.2, -0.15) is 0 Å². The van der Waals surface area contributed by atoms with Gasteiger partial charge in [-0.15, -0.1) is 0 Å². The Labute approximate surface area is 159 Å². The van der Waals surface area contributed by atoms with Gasteiger partial charge < -0.3 is 20.9 Å². The minimum atomic E-state index is -0.565. The van der Waals surface area contributed by atoms with Gasteiger partial charge in [-0.25, -0.2) is 8.78 Å². The highest BCUT2D eigenvalue weighted by Gasteiger charge is 2.26. The number of primary amides is 1. The summed E-state index contributed by atoms with van der Waals surface area (Å²) >= 11 is 0. The molecule has 1 fully saturated rings. The molecule has 1 amide bonds. The number of benzene rings is 1. The first-order chi connectivity index (χ1) is 12.8. The first-order valence-corrected chi connectivity index (χ1v) is 9.17. The van der Waals surface area contributed by atoms with Crippen molar-refractivity contribution in [3.8, 4) is 0 Å². The van der Waals surface area contributed by atoms with Crippen molar-refractivity contribution in [1.29, 1.82) is 0 Å². The van der Waals surface area contributed by atoms with Crippen LogP contribution in [0.5, 0.6) is 0 Å². The molecule has 1 aliphatic rings. The Morgan fingerprint density at radius 3 is 2.63 bits per heavy atom. The number of likely N-dealkylation sites (N-methyl/N-ethyl adjacent to an activating group) is 1. The largest absolute Gasteiger partial charge is 0.370 e. The van der Waals surface area contributed by atoms with Crippen molar-refractivity contribution in [2.75, 3.05) is 40.8 Å². The standard InChI is InChI=1S/C19H29F2N5O/c1-23-19(26-9-5-6-13(12-26)10-17(22)27)24-11-16(25(2)3)18-14(20)7-4-8-15(18)21/h4,7-8,13,16H,5-6,9-12H2,1-3H3,(H2,22,27)(H,23,24). The molecule has 0 aliphatic carbocycles. The first kappa shape index (κ1) is 21.1. The lowest BCUT2D eigenvalue weighted by molar-refractivity contribution is -0.119. The van der Waals surface area contributed by atoms with Crippen LogP contribution >= 0.6 is 0 Å². The lowest BCUT2D eigenvalue weighted by Crippen LogP contribution is -2.48. The zero-order valence-electron chi connectivity index (χ0n) is 16.2. The van der Waals surface area contributed by atoms with Gasteiger partial charge in [0.15, 0.2) is 5.96 Å². The van der Waals surface area contributed by atoms with Crippen LogP contribution in [0.1, 0.15) is 30.9 Å². The molecule has 1 saturated heterocycles. The Balaban J connectivity index is 2.08. The van der Waals surface area contributed by atoms with E-state index in [0.717, 1.165) is 19.4 Å². The SMILES string of the molecule is CN=C(NCC(c1c(F)cccc1F)N(C)C)N1CCCC(CC(N)=O)C1. The van der Waals surface area contributed by atoms with Crippen molar-refractivity contribution in [3.63, 3.8) is 0 Å². The summed E-state index contributed by atoms with van der Waals surface area (Å²) in [4.78, 5) is 19.4. The van der Waals surface area contributed by atoms with Crippen molar-refractivity contribution in [2.45, 2.75) is 25.3 Å². The predicted octanol–water partition coefficient (Wildman–Crippen LogP) is 1.73. The number of carbonyl (C=O) groups excluding carboxylic acids is 1. The van der Waals surface area contributed by atoms with Crippen molar-refractivity contribution in [3.05, 3.63) is 35.4 Å². The smallest absolute Gasteiger partial charge is 0.217 e. The molecule has 1 aliphatic heterocycles. The van der Waals surface area contributed by atoms with Crippen LogP contribution in [0.4, 0.5) is 8.78 Å². The van der Waals surface area contributed by atoms with E-state index < -0.39 is 17.7 Å². The molecule has 2 unspecified atom stereocenters. The van der Waals surface area contributed by atoms with E-state index >= 15 is 0 Å². The zero-order valence-corrected chi connectivity index (χ0v) is 16.2. The van der Waals surface area contributed by atoms with E-state index in [0.29, 0.717) is 25.5 Å². The number of rotatable bonds is 6. The summed E-state index contributed by atoms with van der Waals surface area (Å²) in [6.45, 7) is 1.80. The Morgan fingerprint density at radius 2 is 2.07 bits per heavy atom. The number of nitrogens with two attached hydrogens (primary N) is 1. The summed E-state index contributed by atoms with van der Waals surface area (Å²) in [6.07, 6.45) is 2.25. The van der Waals surface area contributed by atoms with E-state index in [1.54, 1.807) is 26.0 Å². The maximum Gasteiger partial charge on any atom is 0.217 e. The second-order valence-electron chi connectivity index (χ2n) is 7.17. The summed E-state index contributed by atoms with van der Waals surface area (Å²) in [6, 6.07) is 3.40. The quantitative estimate of drug-likeness (QED) is 0.581. The summed E-state index contributed by atoms with van der Waals surface area (Å²) < 4.78 is 28.4. The third-order valence-electron chi connectivity index (χ3n) is 4.93. The minimum absolute atomic E-state index is 0.0377. The van der Waals surface area contributed by atoms with E-state index in [9.17, 15) is 13.6 Å². The van der Waals surface area contributed by atoms with Gasteiger partial charge in [-0.05, 0) is 45.0 Å². The Hall–Kier alpha value is -2.22. The number of hydrogen-bond donors (Lipinski definition) is 2. The molecule has 6 nitrogen and oxygen atoms in total. The van der Waals surface area contributed by atoms with Gasteiger partial charge in [0, 0.05) is 38.7 Å². The highest BCUT2D eigenvalue weighted by Crippen LogP contribution is 2.24. The van der Waals surface area contributed by atoms with Crippen LogP contribution < -0.4 is 11.1 Å². The second kappa shape index (κ2) is 9.64. The van der Waals surface area contributed by atoms with E-state index in [2.05, 4.69) is 15.2 Å². The number of amides is 1. The number of hydrogen-bond acceptors (Lipinski definition) is 3. The molecule has 3 N–H and O–H groups in total. The third-order valence-corrected chi connectivity index (χ3v) is 4.93. The lowest BCUT2D eigenvalue weighted by atomic mass is 9.95. The van der Waals surface area contributed by atoms with Crippen molar-refractivity contribution in [1.82, 2.24) is 15.1 Å². The molecule has 2 atom stereocenters. The molecule has 0 aromatic heterocycles. The predicted molar refractivity (Wildman–Crippen MR) is 102 cm³/mol. The number of aliphatic imine (C=N–C) groups is 1. The van der Waals surface area contributed by atoms with Crippen LogP contribution in [0, 0.1) is 17.6 Å². The van der Waals surface area contributed by atoms with Gasteiger partial charge in [0.25, 0.3) is 0 Å². The van der Waals surface area contributed by atoms with Gasteiger partial charge in [-0.1, -0.05) is 6.07 Å². The molecule has 1 aromatic rings. The van der Waals surface area contributed by atoms with Crippen molar-refractivity contribution < 1.29 is 13.6 Å². The van der Waals surface area contributed by atoms with Crippen molar-refractivity contribution in [2.24, 2.45) is 16.6 Å². The maximum absolute atomic E-state index is 14.2. The fraction of sp³-hybridized carbons (Fsp3) is 0.579. The monoisotopic (exact) mass is 381 g/mol. The lowest BCUT2D eigenvalue weighted by Gasteiger charge is -2.35. The topological polar surface area (TPSA) is 74.0 Å². The molecule has 1 heterocycles. The van der Waals surface area contributed by atoms with E-state index in [-0.39, 0.29) is 17.4 Å². The van der Waals surface area contributed by atoms with Gasteiger partial charge in [0.05, 0.1) is 6.04 Å². The Morgan fingerprint density at radius 1 is 1.41 bits per heavy atom. The van der Waals surface area contributed by atoms with Gasteiger partial charge in [-0.3, -0.25) is 9.79 Å². The van der Waals surface area contributed by atoms with E-state index in [4.69, 9.17) is 5.73 Å². The molecular weight excluding hydrogens is 352 g/mol. The number of likely N-dealkylation sites (tertiary alicyclic amines) is 1. The normalized spacial score (nSPS) is 19.3. The van der Waals surface area contributed by atoms with Crippen LogP contribution in [0.25, 0.3) is 0 Å². The summed E-state index contributed by atoms with van der Waals surface area (Å²) in [5.74, 6) is -0.571. The summed E-state index contributed by atoms with van der Waals surface area (Å²) in [5, 5.41) is 3.23. The summed E-state index contributed by atoms with van der Waals surface area (Å²) in [7, 11) is 5.24. The van der Waals surface area contributed by atoms with Gasteiger partial charge in [0.1, 0.15) is 11.6 Å². The molecule has 0 saturated carbocycles. The number of halogens is 2. The Bertz CT molecular complexity index is 660. The number of nitrogens with one attached hydrogen (secondary N) is 1. The van der Waals surface area contributed by atoms with E-state index in [1.165, 1.54) is 18.2 Å². The maximum atomic E-state index is 14.2. The van der Waals surface area contributed by atoms with Crippen LogP contribution in [0.3, 0.4) is 0 Å². The zero-order chi connectivity index (χ0) is 20.0. The summed E-state index contributed by atoms with van der Waals surface area (Å²) in [5.41, 5.74) is 5.36. The minimum Gasteiger partial charge on any atom is -0.370 e. The number of nitrogens with zero attached hydrogens (tertiary/aromatic N) is 3. The highest BCUT2D eigenvalue weighted by molar-refractivity contribution is 5.80. The van der Waals surface area contributed by atoms with Crippen LogP contribution in [0.15, 0.2) is 23.2 Å².